The highest BCUT2D eigenvalue weighted by atomic mass is 16.5. The van der Waals surface area contributed by atoms with Gasteiger partial charge in [-0.2, -0.15) is 0 Å². The Balaban J connectivity index is 1.67. The van der Waals surface area contributed by atoms with Crippen LogP contribution in [0.2, 0.25) is 0 Å². The van der Waals surface area contributed by atoms with Gasteiger partial charge in [-0.3, -0.25) is 14.8 Å². The van der Waals surface area contributed by atoms with E-state index < -0.39 is 0 Å². The molecule has 1 saturated heterocycles. The van der Waals surface area contributed by atoms with E-state index in [9.17, 15) is 4.79 Å². The first kappa shape index (κ1) is 14.6. The number of nitrogens with zero attached hydrogens (tertiary/aromatic N) is 4. The normalized spacial score (nSPS) is 18.4. The van der Waals surface area contributed by atoms with Crippen LogP contribution in [0.3, 0.4) is 0 Å². The van der Waals surface area contributed by atoms with E-state index in [-0.39, 0.29) is 17.7 Å². The smallest absolute Gasteiger partial charge is 0.292 e. The molecule has 3 heterocycles. The maximum absolute atomic E-state index is 12.5. The zero-order chi connectivity index (χ0) is 15.4. The molecule has 0 saturated carbocycles. The zero-order valence-corrected chi connectivity index (χ0v) is 12.4. The van der Waals surface area contributed by atoms with Crippen molar-refractivity contribution < 1.29 is 14.1 Å². The summed E-state index contributed by atoms with van der Waals surface area (Å²) in [7, 11) is 0. The van der Waals surface area contributed by atoms with Gasteiger partial charge in [0.05, 0.1) is 30.6 Å². The van der Waals surface area contributed by atoms with Gasteiger partial charge in [0.1, 0.15) is 0 Å². The van der Waals surface area contributed by atoms with Crippen molar-refractivity contribution in [3.05, 3.63) is 41.8 Å². The van der Waals surface area contributed by atoms with E-state index in [4.69, 9.17) is 9.26 Å². The molecule has 0 N–H and O–H groups in total. The number of rotatable bonds is 4. The number of amides is 1. The zero-order valence-electron chi connectivity index (χ0n) is 12.4. The van der Waals surface area contributed by atoms with Gasteiger partial charge in [0.15, 0.2) is 0 Å². The molecule has 3 rings (SSSR count). The molecule has 0 bridgehead atoms. The summed E-state index contributed by atoms with van der Waals surface area (Å²) in [5.41, 5.74) is 1.61. The first-order chi connectivity index (χ1) is 10.7. The number of ether oxygens (including phenoxy) is 1. The highest BCUT2D eigenvalue weighted by molar-refractivity contribution is 5.91. The molecule has 1 aliphatic heterocycles. The summed E-state index contributed by atoms with van der Waals surface area (Å²) in [6.45, 7) is 3.43. The maximum Gasteiger partial charge on any atom is 0.292 e. The van der Waals surface area contributed by atoms with Gasteiger partial charge in [-0.25, -0.2) is 0 Å². The van der Waals surface area contributed by atoms with Gasteiger partial charge in [0.2, 0.25) is 5.76 Å². The molecule has 1 amide bonds. The Hall–Kier alpha value is -2.28. The molecule has 0 spiro atoms. The maximum atomic E-state index is 12.5. The average molecular weight is 302 g/mol. The number of hydrogen-bond acceptors (Lipinski definition) is 6. The second-order valence-electron chi connectivity index (χ2n) is 5.30. The summed E-state index contributed by atoms with van der Waals surface area (Å²) < 4.78 is 10.6. The molecular weight excluding hydrogens is 284 g/mol. The minimum atomic E-state index is -0.131. The third-order valence-corrected chi connectivity index (χ3v) is 3.68. The van der Waals surface area contributed by atoms with Gasteiger partial charge < -0.3 is 14.2 Å². The molecule has 7 nitrogen and oxygen atoms in total. The van der Waals surface area contributed by atoms with Crippen LogP contribution in [-0.4, -0.2) is 51.7 Å². The van der Waals surface area contributed by atoms with Crippen LogP contribution in [0.4, 0.5) is 0 Å². The molecule has 0 aliphatic carbocycles. The largest absolute Gasteiger partial charge is 0.377 e. The minimum Gasteiger partial charge on any atom is -0.377 e. The fraction of sp³-hybridized carbons (Fsp3) is 0.467. The van der Waals surface area contributed by atoms with Gasteiger partial charge in [0, 0.05) is 31.2 Å². The van der Waals surface area contributed by atoms with Crippen molar-refractivity contribution in [3.8, 4) is 0 Å². The SMILES string of the molecule is Cc1cc(C(=O)N2CCOC[C@H]2CCc2cnccn2)on1. The predicted molar refractivity (Wildman–Crippen MR) is 77.2 cm³/mol. The fourth-order valence-corrected chi connectivity index (χ4v) is 2.54. The Morgan fingerprint density at radius 1 is 1.45 bits per heavy atom. The summed E-state index contributed by atoms with van der Waals surface area (Å²) in [4.78, 5) is 22.7. The molecule has 2 aromatic heterocycles. The lowest BCUT2D eigenvalue weighted by atomic mass is 10.1. The van der Waals surface area contributed by atoms with Crippen LogP contribution < -0.4 is 0 Å². The molecule has 0 unspecified atom stereocenters. The van der Waals surface area contributed by atoms with Crippen molar-refractivity contribution in [3.63, 3.8) is 0 Å². The molecule has 1 aliphatic rings. The lowest BCUT2D eigenvalue weighted by Gasteiger charge is -2.35. The van der Waals surface area contributed by atoms with Crippen molar-refractivity contribution in [2.45, 2.75) is 25.8 Å². The molecule has 1 atom stereocenters. The Bertz CT molecular complexity index is 629. The van der Waals surface area contributed by atoms with Crippen LogP contribution in [0.15, 0.2) is 29.2 Å². The summed E-state index contributed by atoms with van der Waals surface area (Å²) in [6.07, 6.45) is 6.59. The molecule has 22 heavy (non-hydrogen) atoms. The van der Waals surface area contributed by atoms with Crippen LogP contribution >= 0.6 is 0 Å². The lowest BCUT2D eigenvalue weighted by molar-refractivity contribution is -0.00603. The van der Waals surface area contributed by atoms with E-state index in [1.807, 2.05) is 0 Å². The molecule has 1 fully saturated rings. The highest BCUT2D eigenvalue weighted by Crippen LogP contribution is 2.17. The summed E-state index contributed by atoms with van der Waals surface area (Å²) in [5, 5.41) is 3.78. The second kappa shape index (κ2) is 6.65. The molecule has 0 radical (unpaired) electrons. The molecule has 7 heteroatoms. The van der Waals surface area contributed by atoms with Crippen molar-refractivity contribution >= 4 is 5.91 Å². The molecule has 116 valence electrons. The third-order valence-electron chi connectivity index (χ3n) is 3.68. The van der Waals surface area contributed by atoms with E-state index in [1.54, 1.807) is 36.5 Å². The monoisotopic (exact) mass is 302 g/mol. The van der Waals surface area contributed by atoms with Crippen LogP contribution in [-0.2, 0) is 11.2 Å². The van der Waals surface area contributed by atoms with Crippen molar-refractivity contribution in [1.29, 1.82) is 0 Å². The first-order valence-electron chi connectivity index (χ1n) is 7.31. The van der Waals surface area contributed by atoms with Crippen LogP contribution in [0, 0.1) is 6.92 Å². The van der Waals surface area contributed by atoms with Gasteiger partial charge >= 0.3 is 0 Å². The number of morpholine rings is 1. The number of aromatic nitrogens is 3. The van der Waals surface area contributed by atoms with Gasteiger partial charge in [-0.05, 0) is 19.8 Å². The minimum absolute atomic E-state index is 0.00802. The first-order valence-corrected chi connectivity index (χ1v) is 7.31. The Kier molecular flexibility index (Phi) is 4.43. The van der Waals surface area contributed by atoms with E-state index in [0.29, 0.717) is 25.5 Å². The Labute approximate surface area is 128 Å². The van der Waals surface area contributed by atoms with Crippen LogP contribution in [0.25, 0.3) is 0 Å². The standard InChI is InChI=1S/C15H18N4O3/c1-11-8-14(22-18-11)15(20)19-6-7-21-10-13(19)3-2-12-9-16-4-5-17-12/h4-5,8-9,13H,2-3,6-7,10H2,1H3/t13-/m1/s1. The number of hydrogen-bond donors (Lipinski definition) is 0. The van der Waals surface area contributed by atoms with Crippen molar-refractivity contribution in [1.82, 2.24) is 20.0 Å². The molecule has 2 aromatic rings. The predicted octanol–water partition coefficient (Wildman–Crippen LogP) is 1.25. The highest BCUT2D eigenvalue weighted by Gasteiger charge is 2.30. The van der Waals surface area contributed by atoms with Gasteiger partial charge in [-0.1, -0.05) is 5.16 Å². The van der Waals surface area contributed by atoms with Crippen LogP contribution in [0.5, 0.6) is 0 Å². The van der Waals surface area contributed by atoms with Crippen molar-refractivity contribution in [2.24, 2.45) is 0 Å². The van der Waals surface area contributed by atoms with Crippen molar-refractivity contribution in [2.75, 3.05) is 19.8 Å². The van der Waals surface area contributed by atoms with Gasteiger partial charge in [-0.15, -0.1) is 0 Å². The summed E-state index contributed by atoms with van der Waals surface area (Å²) in [6, 6.07) is 1.67. The van der Waals surface area contributed by atoms with Gasteiger partial charge in [0.25, 0.3) is 5.91 Å². The van der Waals surface area contributed by atoms with E-state index in [2.05, 4.69) is 15.1 Å². The number of aryl methyl sites for hydroxylation is 2. The van der Waals surface area contributed by atoms with Crippen LogP contribution in [0.1, 0.15) is 28.4 Å². The average Bonchev–Trinajstić information content (AvgIpc) is 3.00. The van der Waals surface area contributed by atoms with E-state index in [1.165, 1.54) is 0 Å². The molecule has 0 aromatic carbocycles. The topological polar surface area (TPSA) is 81.4 Å². The van der Waals surface area contributed by atoms with E-state index in [0.717, 1.165) is 18.5 Å². The lowest BCUT2D eigenvalue weighted by Crippen LogP contribution is -2.48. The Morgan fingerprint density at radius 3 is 3.09 bits per heavy atom. The molecular formula is C15H18N4O3. The second-order valence-corrected chi connectivity index (χ2v) is 5.30. The quantitative estimate of drug-likeness (QED) is 0.845. The van der Waals surface area contributed by atoms with E-state index >= 15 is 0 Å². The number of carbonyl (C=O) groups is 1. The summed E-state index contributed by atoms with van der Waals surface area (Å²) in [5.74, 6) is 0.150. The Morgan fingerprint density at radius 2 is 2.36 bits per heavy atom. The number of carbonyl (C=O) groups excluding carboxylic acids is 1. The third kappa shape index (κ3) is 3.30. The summed E-state index contributed by atoms with van der Waals surface area (Å²) >= 11 is 0. The fourth-order valence-electron chi connectivity index (χ4n) is 2.54.